The van der Waals surface area contributed by atoms with Crippen molar-refractivity contribution in [2.24, 2.45) is 5.92 Å². The first-order valence-electron chi connectivity index (χ1n) is 5.99. The fraction of sp³-hybridized carbons (Fsp3) is 0.750. The van der Waals surface area contributed by atoms with Gasteiger partial charge in [0.1, 0.15) is 0 Å². The molecular formula is C12H17N3O. The van der Waals surface area contributed by atoms with E-state index in [4.69, 9.17) is 9.78 Å². The Bertz CT molecular complexity index is 372. The molecule has 0 N–H and O–H groups in total. The summed E-state index contributed by atoms with van der Waals surface area (Å²) in [7, 11) is 0. The predicted molar refractivity (Wildman–Crippen MR) is 58.6 cm³/mol. The third-order valence-electron chi connectivity index (χ3n) is 3.32. The van der Waals surface area contributed by atoms with Gasteiger partial charge < -0.3 is 4.52 Å². The number of hydrogen-bond acceptors (Lipinski definition) is 4. The molecule has 1 aliphatic carbocycles. The summed E-state index contributed by atoms with van der Waals surface area (Å²) in [5.74, 6) is 2.76. The molecule has 2 rings (SSSR count). The van der Waals surface area contributed by atoms with Gasteiger partial charge in [0.25, 0.3) is 0 Å². The number of nitrogens with zero attached hydrogens (tertiary/aromatic N) is 3. The van der Waals surface area contributed by atoms with Crippen molar-refractivity contribution in [3.05, 3.63) is 11.7 Å². The van der Waals surface area contributed by atoms with Crippen LogP contribution in [0.15, 0.2) is 4.52 Å². The highest BCUT2D eigenvalue weighted by atomic mass is 16.5. The molecule has 0 aromatic carbocycles. The second-order valence-electron chi connectivity index (χ2n) is 4.66. The lowest BCUT2D eigenvalue weighted by molar-refractivity contribution is 0.324. The highest BCUT2D eigenvalue weighted by Gasteiger charge is 2.23. The maximum atomic E-state index is 8.47. The first-order chi connectivity index (χ1) is 7.79. The molecule has 4 heteroatoms. The van der Waals surface area contributed by atoms with Crippen molar-refractivity contribution in [3.8, 4) is 6.07 Å². The van der Waals surface area contributed by atoms with Gasteiger partial charge in [-0.1, -0.05) is 24.9 Å². The van der Waals surface area contributed by atoms with E-state index in [-0.39, 0.29) is 0 Å². The zero-order valence-corrected chi connectivity index (χ0v) is 9.65. The van der Waals surface area contributed by atoms with Gasteiger partial charge in [-0.3, -0.25) is 0 Å². The van der Waals surface area contributed by atoms with E-state index in [1.54, 1.807) is 0 Å². The van der Waals surface area contributed by atoms with Crippen LogP contribution in [0, 0.1) is 17.2 Å². The van der Waals surface area contributed by atoms with Crippen LogP contribution in [0.25, 0.3) is 0 Å². The highest BCUT2D eigenvalue weighted by molar-refractivity contribution is 4.98. The fourth-order valence-corrected chi connectivity index (χ4v) is 2.22. The van der Waals surface area contributed by atoms with Crippen LogP contribution in [-0.2, 0) is 6.42 Å². The van der Waals surface area contributed by atoms with E-state index < -0.39 is 0 Å². The van der Waals surface area contributed by atoms with Crippen molar-refractivity contribution in [1.82, 2.24) is 10.1 Å². The van der Waals surface area contributed by atoms with Gasteiger partial charge in [-0.15, -0.1) is 0 Å². The van der Waals surface area contributed by atoms with Gasteiger partial charge in [0.05, 0.1) is 6.07 Å². The van der Waals surface area contributed by atoms with Crippen molar-refractivity contribution >= 4 is 0 Å². The lowest BCUT2D eigenvalue weighted by atomic mass is 9.83. The smallest absolute Gasteiger partial charge is 0.227 e. The van der Waals surface area contributed by atoms with E-state index >= 15 is 0 Å². The van der Waals surface area contributed by atoms with Gasteiger partial charge >= 0.3 is 0 Å². The molecule has 0 aliphatic heterocycles. The molecule has 0 amide bonds. The van der Waals surface area contributed by atoms with Crippen molar-refractivity contribution in [2.75, 3.05) is 0 Å². The molecule has 1 aromatic heterocycles. The van der Waals surface area contributed by atoms with Crippen molar-refractivity contribution in [2.45, 2.75) is 51.4 Å². The molecule has 0 bridgehead atoms. The van der Waals surface area contributed by atoms with Crippen LogP contribution < -0.4 is 0 Å². The van der Waals surface area contributed by atoms with E-state index in [2.05, 4.69) is 23.1 Å². The zero-order valence-electron chi connectivity index (χ0n) is 9.65. The molecule has 1 fully saturated rings. The second-order valence-corrected chi connectivity index (χ2v) is 4.66. The number of aromatic nitrogens is 2. The van der Waals surface area contributed by atoms with Gasteiger partial charge in [-0.2, -0.15) is 10.2 Å². The third-order valence-corrected chi connectivity index (χ3v) is 3.32. The van der Waals surface area contributed by atoms with Crippen molar-refractivity contribution in [1.29, 1.82) is 5.26 Å². The summed E-state index contributed by atoms with van der Waals surface area (Å²) in [5, 5.41) is 12.5. The van der Waals surface area contributed by atoms with Crippen LogP contribution in [0.2, 0.25) is 0 Å². The normalized spacial score (nSPS) is 25.2. The second kappa shape index (κ2) is 5.11. The first-order valence-corrected chi connectivity index (χ1v) is 5.99. The van der Waals surface area contributed by atoms with Gasteiger partial charge in [0.15, 0.2) is 5.82 Å². The average Bonchev–Trinajstić information content (AvgIpc) is 2.76. The van der Waals surface area contributed by atoms with Gasteiger partial charge in [-0.05, 0) is 18.8 Å². The van der Waals surface area contributed by atoms with Crippen molar-refractivity contribution < 1.29 is 4.52 Å². The quantitative estimate of drug-likeness (QED) is 0.784. The van der Waals surface area contributed by atoms with E-state index in [1.807, 2.05) is 0 Å². The Kier molecular flexibility index (Phi) is 3.55. The van der Waals surface area contributed by atoms with Crippen molar-refractivity contribution in [3.63, 3.8) is 0 Å². The van der Waals surface area contributed by atoms with Crippen LogP contribution in [-0.4, -0.2) is 10.1 Å². The molecule has 1 aromatic rings. The Morgan fingerprint density at radius 3 is 2.81 bits per heavy atom. The molecule has 0 spiro atoms. The summed E-state index contributed by atoms with van der Waals surface area (Å²) in [4.78, 5) is 4.37. The van der Waals surface area contributed by atoms with E-state index in [1.165, 1.54) is 25.7 Å². The summed E-state index contributed by atoms with van der Waals surface area (Å²) in [5.41, 5.74) is 0. The molecule has 1 aliphatic rings. The fourth-order valence-electron chi connectivity index (χ4n) is 2.22. The van der Waals surface area contributed by atoms with Crippen LogP contribution in [0.1, 0.15) is 56.7 Å². The summed E-state index contributed by atoms with van der Waals surface area (Å²) in [6, 6.07) is 2.08. The Morgan fingerprint density at radius 1 is 1.38 bits per heavy atom. The van der Waals surface area contributed by atoms with Gasteiger partial charge in [-0.25, -0.2) is 0 Å². The molecule has 1 heterocycles. The minimum atomic E-state index is 0.448. The van der Waals surface area contributed by atoms with Gasteiger partial charge in [0.2, 0.25) is 5.89 Å². The topological polar surface area (TPSA) is 62.7 Å². The number of hydrogen-bond donors (Lipinski definition) is 0. The number of rotatable bonds is 3. The monoisotopic (exact) mass is 219 g/mol. The van der Waals surface area contributed by atoms with Crippen LogP contribution in [0.3, 0.4) is 0 Å². The molecular weight excluding hydrogens is 202 g/mol. The summed E-state index contributed by atoms with van der Waals surface area (Å²) in [6.07, 6.45) is 5.87. The highest BCUT2D eigenvalue weighted by Crippen LogP contribution is 2.33. The largest absolute Gasteiger partial charge is 0.339 e. The number of nitriles is 1. The van der Waals surface area contributed by atoms with E-state index in [0.717, 1.165) is 11.7 Å². The number of aryl methyl sites for hydroxylation is 1. The molecule has 0 saturated heterocycles. The van der Waals surface area contributed by atoms with Crippen LogP contribution >= 0.6 is 0 Å². The minimum absolute atomic E-state index is 0.448. The predicted octanol–water partition coefficient (Wildman–Crippen LogP) is 2.82. The van der Waals surface area contributed by atoms with E-state index in [9.17, 15) is 0 Å². The molecule has 0 radical (unpaired) electrons. The van der Waals surface area contributed by atoms with E-state index in [0.29, 0.717) is 24.7 Å². The minimum Gasteiger partial charge on any atom is -0.339 e. The molecule has 86 valence electrons. The Balaban J connectivity index is 1.94. The summed E-state index contributed by atoms with van der Waals surface area (Å²) in [6.45, 7) is 2.30. The standard InChI is InChI=1S/C12H17N3O/c1-9-4-6-10(7-5-9)12-14-11(16-15-12)3-2-8-13/h9-10H,2-7H2,1H3. The molecule has 16 heavy (non-hydrogen) atoms. The molecule has 0 unspecified atom stereocenters. The Hall–Kier alpha value is -1.37. The first kappa shape index (κ1) is 11.1. The molecule has 1 saturated carbocycles. The lowest BCUT2D eigenvalue weighted by Gasteiger charge is -2.23. The Labute approximate surface area is 95.7 Å². The van der Waals surface area contributed by atoms with Crippen LogP contribution in [0.5, 0.6) is 0 Å². The van der Waals surface area contributed by atoms with Gasteiger partial charge in [0, 0.05) is 18.8 Å². The summed E-state index contributed by atoms with van der Waals surface area (Å²) >= 11 is 0. The lowest BCUT2D eigenvalue weighted by Crippen LogP contribution is -2.12. The summed E-state index contributed by atoms with van der Waals surface area (Å²) < 4.78 is 5.13. The Morgan fingerprint density at radius 2 is 2.12 bits per heavy atom. The maximum Gasteiger partial charge on any atom is 0.227 e. The maximum absolute atomic E-state index is 8.47. The molecule has 4 nitrogen and oxygen atoms in total. The van der Waals surface area contributed by atoms with Crippen LogP contribution in [0.4, 0.5) is 0 Å². The third kappa shape index (κ3) is 2.60. The zero-order chi connectivity index (χ0) is 11.4. The molecule has 0 atom stereocenters. The SMILES string of the molecule is CC1CCC(c2noc(CCC#N)n2)CC1. The average molecular weight is 219 g/mol.